The second-order valence-corrected chi connectivity index (χ2v) is 7.01. The van der Waals surface area contributed by atoms with Gasteiger partial charge >= 0.3 is 0 Å². The number of likely N-dealkylation sites (tertiary alicyclic amines) is 1. The summed E-state index contributed by atoms with van der Waals surface area (Å²) in [6, 6.07) is 15.9. The number of nitrogens with zero attached hydrogens (tertiary/aromatic N) is 3. The van der Waals surface area contributed by atoms with Crippen LogP contribution >= 0.6 is 0 Å². The maximum atomic E-state index is 10.2. The Bertz CT molecular complexity index is 907. The molecule has 0 bridgehead atoms. The Balaban J connectivity index is 1.54. The molecular formula is C21H23N3O3. The molecule has 2 aromatic carbocycles. The molecule has 140 valence electrons. The summed E-state index contributed by atoms with van der Waals surface area (Å²) >= 11 is 0. The van der Waals surface area contributed by atoms with Crippen LogP contribution in [0.25, 0.3) is 11.4 Å². The van der Waals surface area contributed by atoms with Crippen molar-refractivity contribution in [2.24, 2.45) is 0 Å². The van der Waals surface area contributed by atoms with Crippen molar-refractivity contribution in [3.8, 4) is 17.1 Å². The largest absolute Gasteiger partial charge is 0.497 e. The van der Waals surface area contributed by atoms with Crippen molar-refractivity contribution in [3.63, 3.8) is 0 Å². The Morgan fingerprint density at radius 2 is 2.04 bits per heavy atom. The predicted octanol–water partition coefficient (Wildman–Crippen LogP) is 3.36. The number of hydrogen-bond donors (Lipinski definition) is 1. The zero-order valence-corrected chi connectivity index (χ0v) is 15.5. The van der Waals surface area contributed by atoms with Gasteiger partial charge in [0.15, 0.2) is 0 Å². The fourth-order valence-corrected chi connectivity index (χ4v) is 3.55. The lowest BCUT2D eigenvalue weighted by molar-refractivity contribution is 0.169. The van der Waals surface area contributed by atoms with Crippen LogP contribution in [0.4, 0.5) is 0 Å². The minimum absolute atomic E-state index is 0.0897. The summed E-state index contributed by atoms with van der Waals surface area (Å²) in [5, 5.41) is 14.4. The van der Waals surface area contributed by atoms with Crippen molar-refractivity contribution in [2.75, 3.05) is 13.7 Å². The van der Waals surface area contributed by atoms with Crippen molar-refractivity contribution in [2.45, 2.75) is 32.0 Å². The quantitative estimate of drug-likeness (QED) is 0.747. The van der Waals surface area contributed by atoms with Crippen molar-refractivity contribution in [3.05, 3.63) is 65.5 Å². The lowest BCUT2D eigenvalue weighted by Gasteiger charge is -2.21. The molecule has 3 aromatic rings. The number of aryl methyl sites for hydroxylation is 1. The Morgan fingerprint density at radius 3 is 2.78 bits per heavy atom. The molecule has 1 aliphatic rings. The molecule has 2 unspecified atom stereocenters. The fraction of sp³-hybridized carbons (Fsp3) is 0.333. The Labute approximate surface area is 158 Å². The van der Waals surface area contributed by atoms with Crippen LogP contribution in [0.15, 0.2) is 53.1 Å². The average Bonchev–Trinajstić information content (AvgIpc) is 3.29. The number of methoxy groups -OCH3 is 1. The van der Waals surface area contributed by atoms with Crippen molar-refractivity contribution >= 4 is 0 Å². The van der Waals surface area contributed by atoms with E-state index in [0.717, 1.165) is 22.4 Å². The van der Waals surface area contributed by atoms with Crippen LogP contribution in [0.5, 0.6) is 5.75 Å². The Hall–Kier alpha value is -2.70. The third-order valence-corrected chi connectivity index (χ3v) is 4.93. The summed E-state index contributed by atoms with van der Waals surface area (Å²) in [7, 11) is 1.66. The maximum Gasteiger partial charge on any atom is 0.244 e. The highest BCUT2D eigenvalue weighted by molar-refractivity contribution is 5.55. The van der Waals surface area contributed by atoms with Crippen LogP contribution in [-0.2, 0) is 6.54 Å². The minimum Gasteiger partial charge on any atom is -0.497 e. The number of ether oxygens (including phenoxy) is 1. The molecule has 1 fully saturated rings. The molecule has 6 heteroatoms. The van der Waals surface area contributed by atoms with E-state index in [1.807, 2.05) is 55.5 Å². The molecule has 27 heavy (non-hydrogen) atoms. The first kappa shape index (κ1) is 17.7. The summed E-state index contributed by atoms with van der Waals surface area (Å²) < 4.78 is 10.8. The van der Waals surface area contributed by atoms with Crippen molar-refractivity contribution in [1.29, 1.82) is 0 Å². The van der Waals surface area contributed by atoms with Gasteiger partial charge in [0.2, 0.25) is 11.7 Å². The molecule has 6 nitrogen and oxygen atoms in total. The molecule has 0 radical (unpaired) electrons. The summed E-state index contributed by atoms with van der Waals surface area (Å²) in [5.41, 5.74) is 3.23. The lowest BCUT2D eigenvalue weighted by atomic mass is 10.1. The molecule has 1 saturated heterocycles. The highest BCUT2D eigenvalue weighted by Gasteiger charge is 2.35. The smallest absolute Gasteiger partial charge is 0.244 e. The van der Waals surface area contributed by atoms with Crippen LogP contribution in [0, 0.1) is 6.92 Å². The number of benzene rings is 2. The second kappa shape index (κ2) is 7.50. The third-order valence-electron chi connectivity index (χ3n) is 4.93. The first-order valence-electron chi connectivity index (χ1n) is 9.08. The SMILES string of the molecule is COc1ccc(CN2CC(O)CC2c2nc(-c3cccc(C)c3)no2)cc1. The summed E-state index contributed by atoms with van der Waals surface area (Å²) in [5.74, 6) is 1.97. The van der Waals surface area contributed by atoms with E-state index >= 15 is 0 Å². The van der Waals surface area contributed by atoms with Crippen LogP contribution in [0.2, 0.25) is 0 Å². The van der Waals surface area contributed by atoms with Gasteiger partial charge in [-0.2, -0.15) is 4.98 Å². The van der Waals surface area contributed by atoms with Crippen LogP contribution in [0.3, 0.4) is 0 Å². The molecule has 2 heterocycles. The van der Waals surface area contributed by atoms with Gasteiger partial charge in [0.25, 0.3) is 0 Å². The zero-order valence-electron chi connectivity index (χ0n) is 15.5. The summed E-state index contributed by atoms with van der Waals surface area (Å²) in [4.78, 5) is 6.79. The Morgan fingerprint density at radius 1 is 1.22 bits per heavy atom. The monoisotopic (exact) mass is 365 g/mol. The number of hydrogen-bond acceptors (Lipinski definition) is 6. The molecule has 1 aromatic heterocycles. The van der Waals surface area contributed by atoms with E-state index in [-0.39, 0.29) is 6.04 Å². The predicted molar refractivity (Wildman–Crippen MR) is 101 cm³/mol. The Kier molecular flexibility index (Phi) is 4.92. The molecular weight excluding hydrogens is 342 g/mol. The third kappa shape index (κ3) is 3.86. The van der Waals surface area contributed by atoms with E-state index in [2.05, 4.69) is 15.0 Å². The van der Waals surface area contributed by atoms with E-state index in [1.165, 1.54) is 0 Å². The standard InChI is InChI=1S/C21H23N3O3/c1-14-4-3-5-16(10-14)20-22-21(27-23-20)19-11-17(25)13-24(19)12-15-6-8-18(26-2)9-7-15/h3-10,17,19,25H,11-13H2,1-2H3. The van der Waals surface area contributed by atoms with Crippen LogP contribution in [-0.4, -0.2) is 39.9 Å². The van der Waals surface area contributed by atoms with Crippen LogP contribution < -0.4 is 4.74 Å². The van der Waals surface area contributed by atoms with E-state index in [9.17, 15) is 5.11 Å². The first-order valence-corrected chi connectivity index (χ1v) is 9.08. The van der Waals surface area contributed by atoms with E-state index in [0.29, 0.717) is 31.2 Å². The first-order chi connectivity index (χ1) is 13.1. The highest BCUT2D eigenvalue weighted by Crippen LogP contribution is 2.33. The molecule has 0 spiro atoms. The normalized spacial score (nSPS) is 20.1. The summed E-state index contributed by atoms with van der Waals surface area (Å²) in [6.45, 7) is 3.32. The maximum absolute atomic E-state index is 10.2. The topological polar surface area (TPSA) is 71.6 Å². The molecule has 0 aliphatic carbocycles. The van der Waals surface area contributed by atoms with Gasteiger partial charge in [-0.3, -0.25) is 4.90 Å². The van der Waals surface area contributed by atoms with Gasteiger partial charge in [-0.1, -0.05) is 41.1 Å². The second-order valence-electron chi connectivity index (χ2n) is 7.01. The van der Waals surface area contributed by atoms with Crippen molar-refractivity contribution < 1.29 is 14.4 Å². The molecule has 1 N–H and O–H groups in total. The van der Waals surface area contributed by atoms with Gasteiger partial charge in [0, 0.05) is 18.7 Å². The molecule has 2 atom stereocenters. The lowest BCUT2D eigenvalue weighted by Crippen LogP contribution is -2.24. The van der Waals surface area contributed by atoms with Gasteiger partial charge < -0.3 is 14.4 Å². The van der Waals surface area contributed by atoms with Gasteiger partial charge in [-0.05, 0) is 37.1 Å². The van der Waals surface area contributed by atoms with Gasteiger partial charge in [-0.25, -0.2) is 0 Å². The van der Waals surface area contributed by atoms with Crippen molar-refractivity contribution in [1.82, 2.24) is 15.0 Å². The van der Waals surface area contributed by atoms with Crippen LogP contribution in [0.1, 0.15) is 29.5 Å². The van der Waals surface area contributed by atoms with Gasteiger partial charge in [0.05, 0.1) is 19.3 Å². The number of rotatable bonds is 5. The zero-order chi connectivity index (χ0) is 18.8. The van der Waals surface area contributed by atoms with E-state index in [4.69, 9.17) is 9.26 Å². The minimum atomic E-state index is -0.400. The van der Waals surface area contributed by atoms with E-state index in [1.54, 1.807) is 7.11 Å². The molecule has 0 amide bonds. The van der Waals surface area contributed by atoms with Gasteiger partial charge in [-0.15, -0.1) is 0 Å². The molecule has 4 rings (SSSR count). The number of aliphatic hydroxyl groups is 1. The number of aliphatic hydroxyl groups excluding tert-OH is 1. The average molecular weight is 365 g/mol. The highest BCUT2D eigenvalue weighted by atomic mass is 16.5. The molecule has 0 saturated carbocycles. The molecule has 1 aliphatic heterocycles. The number of β-amino-alcohol motifs (C(OH)–C–C–N with tert-alkyl or cyclic N) is 1. The summed E-state index contributed by atoms with van der Waals surface area (Å²) in [6.07, 6.45) is 0.188. The number of aromatic nitrogens is 2. The fourth-order valence-electron chi connectivity index (χ4n) is 3.55. The van der Waals surface area contributed by atoms with E-state index < -0.39 is 6.10 Å². The van der Waals surface area contributed by atoms with Gasteiger partial charge in [0.1, 0.15) is 5.75 Å².